The zero-order valence-electron chi connectivity index (χ0n) is 16.4. The molecule has 3 amide bonds. The van der Waals surface area contributed by atoms with Crippen molar-refractivity contribution in [2.45, 2.75) is 37.8 Å². The van der Waals surface area contributed by atoms with E-state index in [1.807, 2.05) is 42.5 Å². The van der Waals surface area contributed by atoms with Crippen molar-refractivity contribution < 1.29 is 14.0 Å². The normalized spacial score (nSPS) is 23.1. The van der Waals surface area contributed by atoms with Gasteiger partial charge in [-0.3, -0.25) is 15.0 Å². The second-order valence-corrected chi connectivity index (χ2v) is 8.04. The highest BCUT2D eigenvalue weighted by atomic mass is 19.1. The Kier molecular flexibility index (Phi) is 5.62. The van der Waals surface area contributed by atoms with Gasteiger partial charge in [-0.25, -0.2) is 9.18 Å². The number of carbonyl (C=O) groups excluding carboxylic acids is 2. The first-order chi connectivity index (χ1) is 14.0. The smallest absolute Gasteiger partial charge is 0.322 e. The fourth-order valence-electron chi connectivity index (χ4n) is 4.59. The van der Waals surface area contributed by atoms with Gasteiger partial charge >= 0.3 is 6.03 Å². The van der Waals surface area contributed by atoms with Crippen LogP contribution in [0.3, 0.4) is 0 Å². The first kappa shape index (κ1) is 19.6. The Morgan fingerprint density at radius 1 is 0.966 bits per heavy atom. The Labute approximate surface area is 170 Å². The van der Waals surface area contributed by atoms with E-state index in [2.05, 4.69) is 15.5 Å². The molecule has 0 bridgehead atoms. The van der Waals surface area contributed by atoms with Crippen LogP contribution in [0.15, 0.2) is 54.6 Å². The van der Waals surface area contributed by atoms with Gasteiger partial charge in [-0.1, -0.05) is 42.5 Å². The molecular formula is C23H26FN3O2. The highest BCUT2D eigenvalue weighted by Crippen LogP contribution is 2.35. The molecule has 152 valence electrons. The van der Waals surface area contributed by atoms with Crippen LogP contribution in [0.2, 0.25) is 0 Å². The number of imide groups is 1. The van der Waals surface area contributed by atoms with Gasteiger partial charge in [0.05, 0.1) is 0 Å². The molecule has 29 heavy (non-hydrogen) atoms. The molecule has 2 saturated heterocycles. The number of halogens is 1. The second kappa shape index (κ2) is 8.33. The molecule has 2 fully saturated rings. The van der Waals surface area contributed by atoms with E-state index >= 15 is 0 Å². The monoisotopic (exact) mass is 395 g/mol. The summed E-state index contributed by atoms with van der Waals surface area (Å²) in [6.45, 7) is 2.46. The maximum absolute atomic E-state index is 13.1. The number of piperidine rings is 1. The maximum atomic E-state index is 13.1. The molecule has 1 unspecified atom stereocenters. The lowest BCUT2D eigenvalue weighted by molar-refractivity contribution is -0.127. The number of aryl methyl sites for hydroxylation is 1. The van der Waals surface area contributed by atoms with E-state index < -0.39 is 11.6 Å². The van der Waals surface area contributed by atoms with Crippen molar-refractivity contribution >= 4 is 11.9 Å². The van der Waals surface area contributed by atoms with Gasteiger partial charge in [0.15, 0.2) is 0 Å². The van der Waals surface area contributed by atoms with Crippen LogP contribution in [0, 0.1) is 11.7 Å². The number of nitrogens with one attached hydrogen (secondary N) is 2. The topological polar surface area (TPSA) is 61.4 Å². The Balaban J connectivity index is 1.42. The van der Waals surface area contributed by atoms with Crippen LogP contribution in [0.4, 0.5) is 9.18 Å². The number of rotatable bonds is 6. The molecule has 5 nitrogen and oxygen atoms in total. The summed E-state index contributed by atoms with van der Waals surface area (Å²) in [5.74, 6) is -0.326. The summed E-state index contributed by atoms with van der Waals surface area (Å²) in [4.78, 5) is 27.1. The van der Waals surface area contributed by atoms with Crippen LogP contribution >= 0.6 is 0 Å². The predicted molar refractivity (Wildman–Crippen MR) is 109 cm³/mol. The van der Waals surface area contributed by atoms with Gasteiger partial charge in [0, 0.05) is 6.54 Å². The van der Waals surface area contributed by atoms with E-state index in [9.17, 15) is 14.0 Å². The number of nitrogens with zero attached hydrogens (tertiary/aromatic N) is 1. The third-order valence-electron chi connectivity index (χ3n) is 6.22. The molecule has 2 N–H and O–H groups in total. The van der Waals surface area contributed by atoms with Crippen LogP contribution < -0.4 is 10.6 Å². The minimum absolute atomic E-state index is 0.0992. The van der Waals surface area contributed by atoms with Crippen molar-refractivity contribution in [3.63, 3.8) is 0 Å². The number of urea groups is 1. The van der Waals surface area contributed by atoms with Crippen LogP contribution in [0.25, 0.3) is 0 Å². The standard InChI is InChI=1S/C23H26FN3O2/c24-20-8-6-18(7-9-20)16-27-14-11-19(12-15-27)23(21(28)25-22(29)26-23)13-10-17-4-2-1-3-5-17/h1-9,19H,10-16H2,(H2,25,26,28,29). The van der Waals surface area contributed by atoms with E-state index in [1.54, 1.807) is 0 Å². The van der Waals surface area contributed by atoms with Crippen LogP contribution in [0.5, 0.6) is 0 Å². The van der Waals surface area contributed by atoms with Gasteiger partial charge in [0.1, 0.15) is 11.4 Å². The van der Waals surface area contributed by atoms with E-state index in [1.165, 1.54) is 12.1 Å². The summed E-state index contributed by atoms with van der Waals surface area (Å²) in [7, 11) is 0. The lowest BCUT2D eigenvalue weighted by atomic mass is 9.74. The first-order valence-electron chi connectivity index (χ1n) is 10.2. The zero-order chi connectivity index (χ0) is 20.3. The Morgan fingerprint density at radius 3 is 2.28 bits per heavy atom. The predicted octanol–water partition coefficient (Wildman–Crippen LogP) is 3.25. The third-order valence-corrected chi connectivity index (χ3v) is 6.22. The molecule has 2 aromatic rings. The van der Waals surface area contributed by atoms with Crippen molar-refractivity contribution in [1.82, 2.24) is 15.5 Å². The minimum atomic E-state index is -0.838. The molecule has 4 rings (SSSR count). The fourth-order valence-corrected chi connectivity index (χ4v) is 4.59. The molecular weight excluding hydrogens is 369 g/mol. The van der Waals surface area contributed by atoms with Crippen LogP contribution in [0.1, 0.15) is 30.4 Å². The summed E-state index contributed by atoms with van der Waals surface area (Å²) in [5, 5.41) is 5.43. The zero-order valence-corrected chi connectivity index (χ0v) is 16.4. The maximum Gasteiger partial charge on any atom is 0.322 e. The third kappa shape index (κ3) is 4.32. The summed E-state index contributed by atoms with van der Waals surface area (Å²) in [6, 6.07) is 16.3. The molecule has 2 aliphatic heterocycles. The van der Waals surface area contributed by atoms with Gasteiger partial charge in [0.25, 0.3) is 5.91 Å². The Morgan fingerprint density at radius 2 is 1.66 bits per heavy atom. The first-order valence-corrected chi connectivity index (χ1v) is 10.2. The summed E-state index contributed by atoms with van der Waals surface area (Å²) < 4.78 is 13.1. The minimum Gasteiger partial charge on any atom is -0.323 e. The molecule has 0 aliphatic carbocycles. The number of carbonyl (C=O) groups is 2. The largest absolute Gasteiger partial charge is 0.323 e. The number of amides is 3. The Bertz CT molecular complexity index is 863. The van der Waals surface area contributed by atoms with Crippen molar-refractivity contribution in [3.05, 3.63) is 71.5 Å². The molecule has 0 radical (unpaired) electrons. The fraction of sp³-hybridized carbons (Fsp3) is 0.391. The molecule has 6 heteroatoms. The molecule has 0 aromatic heterocycles. The summed E-state index contributed by atoms with van der Waals surface area (Å²) in [6.07, 6.45) is 3.01. The van der Waals surface area contributed by atoms with Gasteiger partial charge in [0.2, 0.25) is 0 Å². The van der Waals surface area contributed by atoms with Gasteiger partial charge < -0.3 is 5.32 Å². The summed E-state index contributed by atoms with van der Waals surface area (Å²) >= 11 is 0. The highest BCUT2D eigenvalue weighted by Gasteiger charge is 2.51. The van der Waals surface area contributed by atoms with Crippen molar-refractivity contribution in [2.24, 2.45) is 5.92 Å². The molecule has 0 saturated carbocycles. The van der Waals surface area contributed by atoms with Crippen molar-refractivity contribution in [3.8, 4) is 0 Å². The van der Waals surface area contributed by atoms with E-state index in [4.69, 9.17) is 0 Å². The molecule has 2 aromatic carbocycles. The van der Waals surface area contributed by atoms with Gasteiger partial charge in [-0.2, -0.15) is 0 Å². The van der Waals surface area contributed by atoms with Crippen LogP contribution in [-0.2, 0) is 17.8 Å². The van der Waals surface area contributed by atoms with E-state index in [0.717, 1.165) is 50.0 Å². The molecule has 0 spiro atoms. The molecule has 2 heterocycles. The second-order valence-electron chi connectivity index (χ2n) is 8.04. The van der Waals surface area contributed by atoms with Crippen molar-refractivity contribution in [1.29, 1.82) is 0 Å². The molecule has 2 aliphatic rings. The average molecular weight is 395 g/mol. The van der Waals surface area contributed by atoms with E-state index in [-0.39, 0.29) is 17.6 Å². The van der Waals surface area contributed by atoms with Gasteiger partial charge in [-0.05, 0) is 68.0 Å². The number of likely N-dealkylation sites (tertiary alicyclic amines) is 1. The molecule has 1 atom stereocenters. The van der Waals surface area contributed by atoms with Crippen molar-refractivity contribution in [2.75, 3.05) is 13.1 Å². The Hall–Kier alpha value is -2.73. The lowest BCUT2D eigenvalue weighted by Crippen LogP contribution is -2.56. The average Bonchev–Trinajstić information content (AvgIpc) is 3.03. The lowest BCUT2D eigenvalue weighted by Gasteiger charge is -2.40. The highest BCUT2D eigenvalue weighted by molar-refractivity contribution is 6.07. The van der Waals surface area contributed by atoms with Crippen LogP contribution in [-0.4, -0.2) is 35.5 Å². The van der Waals surface area contributed by atoms with Gasteiger partial charge in [-0.15, -0.1) is 0 Å². The number of hydrogen-bond donors (Lipinski definition) is 2. The van der Waals surface area contributed by atoms with E-state index in [0.29, 0.717) is 6.42 Å². The number of hydrogen-bond acceptors (Lipinski definition) is 3. The number of benzene rings is 2. The summed E-state index contributed by atoms with van der Waals surface area (Å²) in [5.41, 5.74) is 1.40. The SMILES string of the molecule is O=C1NC(=O)C(CCc2ccccc2)(C2CCN(Cc3ccc(F)cc3)CC2)N1. The quantitative estimate of drug-likeness (QED) is 0.738.